The maximum absolute atomic E-state index is 14.1. The first-order valence-corrected chi connectivity index (χ1v) is 8.89. The van der Waals surface area contributed by atoms with Gasteiger partial charge < -0.3 is 10.8 Å². The number of halogens is 1. The second kappa shape index (κ2) is 7.58. The first kappa shape index (κ1) is 18.4. The number of aromatic nitrogens is 4. The van der Waals surface area contributed by atoms with Crippen molar-refractivity contribution in [3.63, 3.8) is 0 Å². The van der Waals surface area contributed by atoms with Gasteiger partial charge in [-0.15, -0.1) is 0 Å². The second-order valence-corrected chi connectivity index (χ2v) is 6.44. The molecule has 8 heteroatoms. The number of nitrogens with two attached hydrogens (primary N) is 1. The first-order valence-electron chi connectivity index (χ1n) is 8.89. The van der Waals surface area contributed by atoms with Crippen molar-refractivity contribution in [3.8, 4) is 34.1 Å². The second-order valence-electron chi connectivity index (χ2n) is 6.44. The van der Waals surface area contributed by atoms with E-state index >= 15 is 0 Å². The van der Waals surface area contributed by atoms with E-state index in [0.29, 0.717) is 23.6 Å². The third-order valence-electron chi connectivity index (χ3n) is 4.52. The highest BCUT2D eigenvalue weighted by Gasteiger charge is 2.13. The predicted molar refractivity (Wildman–Crippen MR) is 106 cm³/mol. The number of hydrogen-bond acceptors (Lipinski definition) is 5. The van der Waals surface area contributed by atoms with Crippen LogP contribution in [0.25, 0.3) is 28.1 Å². The topological polar surface area (TPSA) is 106 Å². The summed E-state index contributed by atoms with van der Waals surface area (Å²) in [6.45, 7) is 0.467. The van der Waals surface area contributed by atoms with Crippen LogP contribution in [0.5, 0.6) is 0 Å². The van der Waals surface area contributed by atoms with Crippen LogP contribution < -0.4 is 5.73 Å². The summed E-state index contributed by atoms with van der Waals surface area (Å²) >= 11 is 0. The summed E-state index contributed by atoms with van der Waals surface area (Å²) in [4.78, 5) is 0. The Morgan fingerprint density at radius 3 is 2.52 bits per heavy atom. The van der Waals surface area contributed by atoms with Gasteiger partial charge in [-0.05, 0) is 29.8 Å². The number of nitrogens with zero attached hydrogens (tertiary/aromatic N) is 5. The van der Waals surface area contributed by atoms with Crippen molar-refractivity contribution in [2.45, 2.75) is 6.54 Å². The van der Waals surface area contributed by atoms with Gasteiger partial charge in [0.25, 0.3) is 0 Å². The minimum atomic E-state index is -0.591. The zero-order chi connectivity index (χ0) is 20.4. The molecule has 4 aromatic rings. The maximum atomic E-state index is 14.1. The van der Waals surface area contributed by atoms with Gasteiger partial charge in [-0.2, -0.15) is 15.5 Å². The van der Waals surface area contributed by atoms with Gasteiger partial charge in [-0.3, -0.25) is 4.68 Å². The normalized spacial score (nSPS) is 10.8. The number of benzene rings is 2. The highest BCUT2D eigenvalue weighted by molar-refractivity contribution is 5.68. The number of rotatable bonds is 5. The molecule has 7 nitrogen and oxygen atoms in total. The number of nitriles is 1. The molecule has 0 unspecified atom stereocenters. The molecular formula is C21H17FN6O. The van der Waals surface area contributed by atoms with E-state index in [-0.39, 0.29) is 12.2 Å². The summed E-state index contributed by atoms with van der Waals surface area (Å²) in [5.74, 6) is -0.286. The van der Waals surface area contributed by atoms with E-state index in [4.69, 9.17) is 16.1 Å². The van der Waals surface area contributed by atoms with Crippen LogP contribution in [-0.2, 0) is 6.54 Å². The van der Waals surface area contributed by atoms with Gasteiger partial charge in [0.05, 0.1) is 36.3 Å². The van der Waals surface area contributed by atoms with E-state index in [1.807, 2.05) is 36.5 Å². The van der Waals surface area contributed by atoms with Crippen molar-refractivity contribution in [1.82, 2.24) is 19.6 Å². The van der Waals surface area contributed by atoms with Crippen LogP contribution in [0.4, 0.5) is 10.2 Å². The Labute approximate surface area is 166 Å². The zero-order valence-electron chi connectivity index (χ0n) is 15.3. The fraction of sp³-hybridized carbons (Fsp3) is 0.0952. The highest BCUT2D eigenvalue weighted by Crippen LogP contribution is 2.28. The number of aliphatic hydroxyl groups is 1. The van der Waals surface area contributed by atoms with Gasteiger partial charge >= 0.3 is 0 Å². The van der Waals surface area contributed by atoms with Gasteiger partial charge in [0, 0.05) is 23.4 Å². The summed E-state index contributed by atoms with van der Waals surface area (Å²) in [6.07, 6.45) is 3.60. The predicted octanol–water partition coefficient (Wildman–Crippen LogP) is 2.99. The number of anilines is 1. The molecule has 3 N–H and O–H groups in total. The number of nitrogen functional groups attached to an aromatic ring is 1. The molecule has 2 aromatic heterocycles. The molecule has 0 bridgehead atoms. The minimum absolute atomic E-state index is 0.0149. The van der Waals surface area contributed by atoms with E-state index in [0.717, 1.165) is 16.8 Å². The first-order chi connectivity index (χ1) is 14.1. The monoisotopic (exact) mass is 388 g/mol. The van der Waals surface area contributed by atoms with Crippen LogP contribution in [0, 0.1) is 17.1 Å². The Morgan fingerprint density at radius 2 is 1.83 bits per heavy atom. The van der Waals surface area contributed by atoms with Crippen molar-refractivity contribution in [3.05, 3.63) is 72.3 Å². The fourth-order valence-corrected chi connectivity index (χ4v) is 3.10. The van der Waals surface area contributed by atoms with E-state index in [2.05, 4.69) is 10.2 Å². The van der Waals surface area contributed by atoms with Gasteiger partial charge in [-0.1, -0.05) is 18.2 Å². The van der Waals surface area contributed by atoms with Gasteiger partial charge in [-0.25, -0.2) is 9.07 Å². The Hall–Kier alpha value is -3.96. The molecule has 0 amide bonds. The molecule has 2 heterocycles. The third kappa shape index (κ3) is 3.59. The standard InChI is InChI=1S/C21H17FN6O/c22-19-9-15(1-2-16(19)11-23)20-10-21(24)26-28(20)18-5-3-14(4-6-18)17-12-25-27(13-17)7-8-29/h1-6,9-10,12-13,29H,7-8H2,(H2,24,26). The lowest BCUT2D eigenvalue weighted by atomic mass is 10.1. The molecule has 29 heavy (non-hydrogen) atoms. The average molecular weight is 388 g/mol. The lowest BCUT2D eigenvalue weighted by molar-refractivity contribution is 0.269. The fourth-order valence-electron chi connectivity index (χ4n) is 3.10. The molecule has 0 radical (unpaired) electrons. The van der Waals surface area contributed by atoms with Crippen molar-refractivity contribution >= 4 is 5.82 Å². The Bertz CT molecular complexity index is 1200. The molecular weight excluding hydrogens is 371 g/mol. The van der Waals surface area contributed by atoms with Gasteiger partial charge in [0.1, 0.15) is 17.7 Å². The average Bonchev–Trinajstić information content (AvgIpc) is 3.35. The largest absolute Gasteiger partial charge is 0.394 e. The third-order valence-corrected chi connectivity index (χ3v) is 4.52. The molecule has 0 fully saturated rings. The Kier molecular flexibility index (Phi) is 4.81. The summed E-state index contributed by atoms with van der Waals surface area (Å²) in [6, 6.07) is 15.5. The Morgan fingerprint density at radius 1 is 1.07 bits per heavy atom. The smallest absolute Gasteiger partial charge is 0.146 e. The van der Waals surface area contributed by atoms with Gasteiger partial charge in [0.2, 0.25) is 0 Å². The molecule has 0 atom stereocenters. The van der Waals surface area contributed by atoms with Crippen LogP contribution >= 0.6 is 0 Å². The van der Waals surface area contributed by atoms with Crippen LogP contribution in [0.1, 0.15) is 5.56 Å². The maximum Gasteiger partial charge on any atom is 0.146 e. The van der Waals surface area contributed by atoms with Crippen molar-refractivity contribution in [2.75, 3.05) is 12.3 Å². The van der Waals surface area contributed by atoms with Crippen LogP contribution in [0.3, 0.4) is 0 Å². The Balaban J connectivity index is 1.69. The molecule has 0 aliphatic heterocycles. The molecule has 144 valence electrons. The van der Waals surface area contributed by atoms with Crippen LogP contribution in [-0.4, -0.2) is 31.3 Å². The lowest BCUT2D eigenvalue weighted by Crippen LogP contribution is -2.01. The molecule has 0 saturated heterocycles. The number of hydrogen-bond donors (Lipinski definition) is 2. The van der Waals surface area contributed by atoms with Crippen molar-refractivity contribution in [1.29, 1.82) is 5.26 Å². The molecule has 0 saturated carbocycles. The van der Waals surface area contributed by atoms with Crippen molar-refractivity contribution in [2.24, 2.45) is 0 Å². The molecule has 0 aliphatic carbocycles. The number of aliphatic hydroxyl groups excluding tert-OH is 1. The molecule has 0 aliphatic rings. The quantitative estimate of drug-likeness (QED) is 0.547. The zero-order valence-corrected chi connectivity index (χ0v) is 15.3. The summed E-state index contributed by atoms with van der Waals surface area (Å²) in [5, 5.41) is 26.5. The molecule has 0 spiro atoms. The SMILES string of the molecule is N#Cc1ccc(-c2cc(N)nn2-c2ccc(-c3cnn(CCO)c3)cc2)cc1F. The van der Waals surface area contributed by atoms with E-state index in [9.17, 15) is 4.39 Å². The minimum Gasteiger partial charge on any atom is -0.394 e. The highest BCUT2D eigenvalue weighted by atomic mass is 19.1. The lowest BCUT2D eigenvalue weighted by Gasteiger charge is -2.09. The molecule has 4 rings (SSSR count). The van der Waals surface area contributed by atoms with Crippen LogP contribution in [0.15, 0.2) is 60.9 Å². The van der Waals surface area contributed by atoms with E-state index in [1.54, 1.807) is 27.7 Å². The summed E-state index contributed by atoms with van der Waals surface area (Å²) < 4.78 is 17.4. The van der Waals surface area contributed by atoms with Crippen LogP contribution in [0.2, 0.25) is 0 Å². The summed E-state index contributed by atoms with van der Waals surface area (Å²) in [5.41, 5.74) is 9.71. The molecule has 2 aromatic carbocycles. The summed E-state index contributed by atoms with van der Waals surface area (Å²) in [7, 11) is 0. The van der Waals surface area contributed by atoms with E-state index in [1.165, 1.54) is 12.1 Å². The van der Waals surface area contributed by atoms with Crippen molar-refractivity contribution < 1.29 is 9.50 Å². The van der Waals surface area contributed by atoms with Gasteiger partial charge in [0.15, 0.2) is 0 Å². The van der Waals surface area contributed by atoms with E-state index < -0.39 is 5.82 Å².